The summed E-state index contributed by atoms with van der Waals surface area (Å²) in [5.41, 5.74) is 0. The minimum absolute atomic E-state index is 0.0207. The van der Waals surface area contributed by atoms with Crippen molar-refractivity contribution in [2.24, 2.45) is 11.8 Å². The van der Waals surface area contributed by atoms with Gasteiger partial charge >= 0.3 is 11.9 Å². The average molecular weight is 655 g/mol. The van der Waals surface area contributed by atoms with Crippen molar-refractivity contribution in [1.82, 2.24) is 0 Å². The van der Waals surface area contributed by atoms with Crippen LogP contribution in [0.15, 0.2) is 0 Å². The van der Waals surface area contributed by atoms with Crippen LogP contribution in [0.3, 0.4) is 0 Å². The van der Waals surface area contributed by atoms with Gasteiger partial charge in [-0.2, -0.15) is 0 Å². The Labute approximate surface area is 264 Å². The molecule has 0 bridgehead atoms. The van der Waals surface area contributed by atoms with Gasteiger partial charge in [0.1, 0.15) is 42.7 Å². The quantitative estimate of drug-likeness (QED) is 0.0890. The normalized spacial score (nSPS) is 34.4. The fraction of sp³-hybridized carbons (Fsp3) is 0.933. The summed E-state index contributed by atoms with van der Waals surface area (Å²) in [6.45, 7) is 8.66. The Morgan fingerprint density at radius 2 is 1.27 bits per heavy atom. The summed E-state index contributed by atoms with van der Waals surface area (Å²) in [6.07, 6.45) is -14.8. The van der Waals surface area contributed by atoms with Crippen LogP contribution in [0.4, 0.5) is 0 Å². The van der Waals surface area contributed by atoms with Gasteiger partial charge in [-0.05, 0) is 18.8 Å². The van der Waals surface area contributed by atoms with Crippen LogP contribution in [-0.2, 0) is 38.0 Å². The summed E-state index contributed by atoms with van der Waals surface area (Å²) in [5.74, 6) is -1.55. The molecule has 0 aromatic rings. The number of hydrogen-bond donors (Lipinski definition) is 7. The van der Waals surface area contributed by atoms with Crippen LogP contribution in [0.2, 0.25) is 0 Å². The number of carbonyl (C=O) groups is 2. The van der Waals surface area contributed by atoms with E-state index in [0.717, 1.165) is 0 Å². The van der Waals surface area contributed by atoms with Gasteiger partial charge in [0.25, 0.3) is 0 Å². The summed E-state index contributed by atoms with van der Waals surface area (Å²) in [6, 6.07) is 0. The zero-order valence-electron chi connectivity index (χ0n) is 27.0. The smallest absolute Gasteiger partial charge is 0.308 e. The number of ether oxygens (including phenoxy) is 6. The highest BCUT2D eigenvalue weighted by atomic mass is 16.7. The Balaban J connectivity index is 1.95. The van der Waals surface area contributed by atoms with Gasteiger partial charge in [0.15, 0.2) is 12.6 Å². The van der Waals surface area contributed by atoms with E-state index < -0.39 is 91.7 Å². The number of methoxy groups -OCH3 is 1. The Hall–Kier alpha value is -1.50. The lowest BCUT2D eigenvalue weighted by molar-refractivity contribution is -0.300. The minimum Gasteiger partial charge on any atom is -0.469 e. The van der Waals surface area contributed by atoms with Gasteiger partial charge in [0.2, 0.25) is 0 Å². The minimum atomic E-state index is -1.56. The molecule has 2 fully saturated rings. The first kappa shape index (κ1) is 39.7. The predicted octanol–water partition coefficient (Wildman–Crippen LogP) is -0.878. The Morgan fingerprint density at radius 3 is 1.84 bits per heavy atom. The van der Waals surface area contributed by atoms with Crippen molar-refractivity contribution < 1.29 is 73.8 Å². The highest BCUT2D eigenvalue weighted by molar-refractivity contribution is 5.70. The molecule has 2 heterocycles. The summed E-state index contributed by atoms with van der Waals surface area (Å²) in [7, 11) is 1.22. The van der Waals surface area contributed by atoms with Gasteiger partial charge in [-0.1, -0.05) is 40.5 Å². The van der Waals surface area contributed by atoms with Crippen LogP contribution in [-0.4, -0.2) is 141 Å². The Kier molecular flexibility index (Phi) is 16.5. The number of carbonyl (C=O) groups excluding carboxylic acids is 2. The van der Waals surface area contributed by atoms with Crippen LogP contribution in [0, 0.1) is 11.8 Å². The molecule has 2 aliphatic heterocycles. The van der Waals surface area contributed by atoms with Crippen molar-refractivity contribution in [1.29, 1.82) is 0 Å². The van der Waals surface area contributed by atoms with Gasteiger partial charge in [0.05, 0.1) is 51.0 Å². The molecular weight excluding hydrogens is 600 g/mol. The third-order valence-electron chi connectivity index (χ3n) is 8.74. The van der Waals surface area contributed by atoms with Gasteiger partial charge in [-0.3, -0.25) is 9.59 Å². The zero-order valence-corrected chi connectivity index (χ0v) is 27.0. The van der Waals surface area contributed by atoms with Crippen molar-refractivity contribution in [3.05, 3.63) is 0 Å². The largest absolute Gasteiger partial charge is 0.469 e. The maximum atomic E-state index is 12.8. The van der Waals surface area contributed by atoms with E-state index in [1.807, 2.05) is 27.7 Å². The molecule has 9 unspecified atom stereocenters. The fourth-order valence-electron chi connectivity index (χ4n) is 5.21. The number of esters is 2. The average Bonchev–Trinajstić information content (AvgIpc) is 3.26. The van der Waals surface area contributed by atoms with Gasteiger partial charge in [-0.15, -0.1) is 0 Å². The molecule has 0 aromatic heterocycles. The SMILES string of the molecule is CC[C@H](C)[C@H](C[C@H](O)CC(=O)OC)OC(=O)C[C@@H](O)C[C@H](OC1OC(COC2OC(C)C(O)C(O)C2O)C(O)C1O)[C@@H](C)CC. The van der Waals surface area contributed by atoms with E-state index in [1.54, 1.807) is 0 Å². The molecule has 264 valence electrons. The summed E-state index contributed by atoms with van der Waals surface area (Å²) in [5, 5.41) is 72.3. The van der Waals surface area contributed by atoms with E-state index >= 15 is 0 Å². The summed E-state index contributed by atoms with van der Waals surface area (Å²) in [4.78, 5) is 24.3. The van der Waals surface area contributed by atoms with Gasteiger partial charge < -0.3 is 64.2 Å². The molecule has 15 heteroatoms. The molecule has 15 nitrogen and oxygen atoms in total. The lowest BCUT2D eigenvalue weighted by Gasteiger charge is -2.39. The standard InChI is InChI=1S/C30H54O15/c1-7-14(3)19(9-17(31)11-22(33)40-6)43-23(34)12-18(32)10-20(15(4)8-2)44-30-27(38)25(36)21(45-30)13-41-29-28(39)26(37)24(35)16(5)42-29/h14-21,24-32,35-39H,7-13H2,1-6H3/t14-,15-,16?,17-,18-,19-,20-,21?,24?,25?,26?,27?,28?,29?,30?/m0/s1. The molecule has 2 saturated heterocycles. The molecule has 0 amide bonds. The molecule has 2 rings (SSSR count). The van der Waals surface area contributed by atoms with E-state index in [9.17, 15) is 45.3 Å². The topological polar surface area (TPSA) is 231 Å². The Bertz CT molecular complexity index is 891. The fourth-order valence-corrected chi connectivity index (χ4v) is 5.21. The number of aliphatic hydroxyl groups excluding tert-OH is 7. The van der Waals surface area contributed by atoms with Crippen LogP contribution in [0.1, 0.15) is 73.1 Å². The second-order valence-corrected chi connectivity index (χ2v) is 12.3. The molecule has 2 aliphatic rings. The number of rotatable bonds is 18. The molecule has 0 aromatic carbocycles. The highest BCUT2D eigenvalue weighted by Gasteiger charge is 2.47. The van der Waals surface area contributed by atoms with E-state index in [2.05, 4.69) is 4.74 Å². The van der Waals surface area contributed by atoms with Crippen molar-refractivity contribution in [2.75, 3.05) is 13.7 Å². The monoisotopic (exact) mass is 654 g/mol. The molecule has 0 saturated carbocycles. The molecule has 7 N–H and O–H groups in total. The van der Waals surface area contributed by atoms with Crippen LogP contribution in [0.5, 0.6) is 0 Å². The predicted molar refractivity (Wildman–Crippen MR) is 155 cm³/mol. The third-order valence-corrected chi connectivity index (χ3v) is 8.74. The molecule has 0 aliphatic carbocycles. The lowest BCUT2D eigenvalue weighted by atomic mass is 9.94. The number of aliphatic hydroxyl groups is 7. The van der Waals surface area contributed by atoms with E-state index in [1.165, 1.54) is 14.0 Å². The molecule has 45 heavy (non-hydrogen) atoms. The lowest BCUT2D eigenvalue weighted by Crippen LogP contribution is -2.57. The first-order chi connectivity index (χ1) is 21.1. The molecule has 0 radical (unpaired) electrons. The van der Waals surface area contributed by atoms with E-state index in [4.69, 9.17) is 23.7 Å². The first-order valence-corrected chi connectivity index (χ1v) is 15.7. The summed E-state index contributed by atoms with van der Waals surface area (Å²) >= 11 is 0. The first-order valence-electron chi connectivity index (χ1n) is 15.7. The maximum absolute atomic E-state index is 12.8. The van der Waals surface area contributed by atoms with Crippen molar-refractivity contribution >= 4 is 11.9 Å². The van der Waals surface area contributed by atoms with E-state index in [0.29, 0.717) is 12.8 Å². The highest BCUT2D eigenvalue weighted by Crippen LogP contribution is 2.30. The van der Waals surface area contributed by atoms with Crippen LogP contribution >= 0.6 is 0 Å². The van der Waals surface area contributed by atoms with Crippen molar-refractivity contribution in [3.8, 4) is 0 Å². The summed E-state index contributed by atoms with van der Waals surface area (Å²) < 4.78 is 32.8. The van der Waals surface area contributed by atoms with Crippen LogP contribution in [0.25, 0.3) is 0 Å². The Morgan fingerprint density at radius 1 is 0.733 bits per heavy atom. The molecule has 0 spiro atoms. The van der Waals surface area contributed by atoms with Gasteiger partial charge in [0, 0.05) is 12.8 Å². The van der Waals surface area contributed by atoms with Gasteiger partial charge in [-0.25, -0.2) is 0 Å². The van der Waals surface area contributed by atoms with E-state index in [-0.39, 0.29) is 44.1 Å². The zero-order chi connectivity index (χ0) is 34.0. The van der Waals surface area contributed by atoms with Crippen LogP contribution < -0.4 is 0 Å². The van der Waals surface area contributed by atoms with Crippen molar-refractivity contribution in [2.45, 2.75) is 153 Å². The number of hydrogen-bond acceptors (Lipinski definition) is 15. The maximum Gasteiger partial charge on any atom is 0.308 e. The molecule has 15 atom stereocenters. The second-order valence-electron chi connectivity index (χ2n) is 12.3. The third kappa shape index (κ3) is 11.6. The second kappa shape index (κ2) is 18.7. The molecular formula is C30H54O15. The van der Waals surface area contributed by atoms with Crippen molar-refractivity contribution in [3.63, 3.8) is 0 Å².